The number of rotatable bonds is 3. The molecule has 1 aliphatic rings. The number of carbonyl (C=O) groups is 1. The number of carbonyl (C=O) groups excluding carboxylic acids is 1. The highest BCUT2D eigenvalue weighted by molar-refractivity contribution is 5.77. The number of nitrogens with one attached hydrogen (secondary N) is 1. The van der Waals surface area contributed by atoms with Gasteiger partial charge in [-0.25, -0.2) is 5.01 Å². The van der Waals surface area contributed by atoms with Gasteiger partial charge in [0.1, 0.15) is 0 Å². The molecule has 0 radical (unpaired) electrons. The maximum atomic E-state index is 10.7. The quantitative estimate of drug-likeness (QED) is 0.654. The van der Waals surface area contributed by atoms with E-state index in [9.17, 15) is 4.79 Å². The zero-order chi connectivity index (χ0) is 8.27. The number of hydrogen-bond donors (Lipinski definition) is 1. The van der Waals surface area contributed by atoms with Gasteiger partial charge in [-0.2, -0.15) is 0 Å². The molecule has 0 aliphatic carbocycles. The van der Waals surface area contributed by atoms with Crippen LogP contribution in [0.5, 0.6) is 0 Å². The van der Waals surface area contributed by atoms with Gasteiger partial charge in [-0.3, -0.25) is 10.2 Å². The predicted molar refractivity (Wildman–Crippen MR) is 43.8 cm³/mol. The Kier molecular flexibility index (Phi) is 2.88. The second kappa shape index (κ2) is 3.72. The average molecular weight is 156 g/mol. The van der Waals surface area contributed by atoms with E-state index < -0.39 is 0 Å². The molecule has 64 valence electrons. The van der Waals surface area contributed by atoms with E-state index in [-0.39, 0.29) is 5.91 Å². The van der Waals surface area contributed by atoms with Crippen LogP contribution in [0.25, 0.3) is 0 Å². The van der Waals surface area contributed by atoms with Crippen LogP contribution in [0.15, 0.2) is 0 Å². The molecule has 0 aromatic rings. The van der Waals surface area contributed by atoms with Crippen molar-refractivity contribution < 1.29 is 4.79 Å². The second-order valence-electron chi connectivity index (χ2n) is 3.45. The molecule has 1 aliphatic heterocycles. The Morgan fingerprint density at radius 3 is 2.82 bits per heavy atom. The summed E-state index contributed by atoms with van der Waals surface area (Å²) < 4.78 is 0. The van der Waals surface area contributed by atoms with Crippen LogP contribution < -0.4 is 5.43 Å². The second-order valence-corrected chi connectivity index (χ2v) is 3.45. The number of nitrogens with zero attached hydrogens (tertiary/aromatic N) is 1. The molecule has 0 spiro atoms. The fourth-order valence-electron chi connectivity index (χ4n) is 1.11. The van der Waals surface area contributed by atoms with Crippen molar-refractivity contribution in [3.8, 4) is 0 Å². The van der Waals surface area contributed by atoms with Gasteiger partial charge >= 0.3 is 0 Å². The lowest BCUT2D eigenvalue weighted by Gasteiger charge is -2.15. The fraction of sp³-hybridized carbons (Fsp3) is 0.875. The van der Waals surface area contributed by atoms with Gasteiger partial charge in [0.2, 0.25) is 5.91 Å². The topological polar surface area (TPSA) is 32.3 Å². The van der Waals surface area contributed by atoms with Gasteiger partial charge < -0.3 is 0 Å². The molecule has 11 heavy (non-hydrogen) atoms. The van der Waals surface area contributed by atoms with Crippen LogP contribution in [0, 0.1) is 5.92 Å². The number of hydrazine groups is 1. The molecule has 3 nitrogen and oxygen atoms in total. The molecule has 0 aromatic heterocycles. The Balaban J connectivity index is 2.13. The van der Waals surface area contributed by atoms with Crippen molar-refractivity contribution in [2.24, 2.45) is 5.92 Å². The molecule has 1 N–H and O–H groups in total. The SMILES string of the molecule is CC(C)CCN1CCC(=O)N1. The summed E-state index contributed by atoms with van der Waals surface area (Å²) in [4.78, 5) is 10.7. The van der Waals surface area contributed by atoms with Gasteiger partial charge in [-0.05, 0) is 12.3 Å². The molecule has 1 heterocycles. The van der Waals surface area contributed by atoms with Crippen LogP contribution in [0.1, 0.15) is 26.7 Å². The highest BCUT2D eigenvalue weighted by Gasteiger charge is 2.17. The molecule has 1 saturated heterocycles. The summed E-state index contributed by atoms with van der Waals surface area (Å²) in [5.74, 6) is 0.876. The van der Waals surface area contributed by atoms with Crippen LogP contribution in [0.4, 0.5) is 0 Å². The smallest absolute Gasteiger partial charge is 0.235 e. The Labute approximate surface area is 67.7 Å². The minimum absolute atomic E-state index is 0.161. The first-order valence-corrected chi connectivity index (χ1v) is 4.23. The van der Waals surface area contributed by atoms with Gasteiger partial charge in [-0.15, -0.1) is 0 Å². The predicted octanol–water partition coefficient (Wildman–Crippen LogP) is 0.769. The summed E-state index contributed by atoms with van der Waals surface area (Å²) in [5.41, 5.74) is 2.80. The van der Waals surface area contributed by atoms with E-state index in [2.05, 4.69) is 19.3 Å². The fourth-order valence-corrected chi connectivity index (χ4v) is 1.11. The minimum Gasteiger partial charge on any atom is -0.289 e. The molecular weight excluding hydrogens is 140 g/mol. The first-order chi connectivity index (χ1) is 5.18. The van der Waals surface area contributed by atoms with Crippen LogP contribution in [0.3, 0.4) is 0 Å². The van der Waals surface area contributed by atoms with Crippen LogP contribution in [-0.2, 0) is 4.79 Å². The first kappa shape index (κ1) is 8.53. The summed E-state index contributed by atoms with van der Waals surface area (Å²) in [6, 6.07) is 0. The summed E-state index contributed by atoms with van der Waals surface area (Å²) >= 11 is 0. The van der Waals surface area contributed by atoms with E-state index in [1.165, 1.54) is 0 Å². The third-order valence-electron chi connectivity index (χ3n) is 1.87. The molecule has 1 fully saturated rings. The highest BCUT2D eigenvalue weighted by Crippen LogP contribution is 2.04. The molecule has 1 amide bonds. The molecule has 1 rings (SSSR count). The Morgan fingerprint density at radius 1 is 1.64 bits per heavy atom. The average Bonchev–Trinajstić information content (AvgIpc) is 2.31. The van der Waals surface area contributed by atoms with Crippen LogP contribution in [-0.4, -0.2) is 24.0 Å². The summed E-state index contributed by atoms with van der Waals surface area (Å²) in [6.07, 6.45) is 1.82. The van der Waals surface area contributed by atoms with E-state index in [1.807, 2.05) is 5.01 Å². The maximum Gasteiger partial charge on any atom is 0.235 e. The zero-order valence-corrected chi connectivity index (χ0v) is 7.26. The molecule has 0 saturated carbocycles. The molecule has 0 unspecified atom stereocenters. The zero-order valence-electron chi connectivity index (χ0n) is 7.26. The van der Waals surface area contributed by atoms with Gasteiger partial charge in [0.25, 0.3) is 0 Å². The van der Waals surface area contributed by atoms with Crippen molar-refractivity contribution in [3.05, 3.63) is 0 Å². The van der Waals surface area contributed by atoms with E-state index >= 15 is 0 Å². The van der Waals surface area contributed by atoms with Crippen LogP contribution in [0.2, 0.25) is 0 Å². The molecule has 3 heteroatoms. The lowest BCUT2D eigenvalue weighted by Crippen LogP contribution is -2.34. The van der Waals surface area contributed by atoms with Crippen molar-refractivity contribution in [3.63, 3.8) is 0 Å². The monoisotopic (exact) mass is 156 g/mol. The lowest BCUT2D eigenvalue weighted by atomic mass is 10.1. The van der Waals surface area contributed by atoms with Gasteiger partial charge in [0.05, 0.1) is 0 Å². The molecule has 0 bridgehead atoms. The summed E-state index contributed by atoms with van der Waals surface area (Å²) in [6.45, 7) is 6.25. The normalized spacial score (nSPS) is 19.4. The van der Waals surface area contributed by atoms with E-state index in [0.29, 0.717) is 12.3 Å². The third kappa shape index (κ3) is 2.89. The number of hydrogen-bond acceptors (Lipinski definition) is 2. The summed E-state index contributed by atoms with van der Waals surface area (Å²) in [7, 11) is 0. The standard InChI is InChI=1S/C8H16N2O/c1-7(2)3-5-10-6-4-8(11)9-10/h7H,3-6H2,1-2H3,(H,9,11). The van der Waals surface area contributed by atoms with Crippen molar-refractivity contribution >= 4 is 5.91 Å². The van der Waals surface area contributed by atoms with Crippen molar-refractivity contribution in [1.82, 2.24) is 10.4 Å². The Hall–Kier alpha value is -0.570. The van der Waals surface area contributed by atoms with Crippen molar-refractivity contribution in [2.75, 3.05) is 13.1 Å². The lowest BCUT2D eigenvalue weighted by molar-refractivity contribution is -0.121. The van der Waals surface area contributed by atoms with Gasteiger partial charge in [0.15, 0.2) is 0 Å². The minimum atomic E-state index is 0.161. The number of amides is 1. The van der Waals surface area contributed by atoms with E-state index in [0.717, 1.165) is 19.5 Å². The van der Waals surface area contributed by atoms with Crippen molar-refractivity contribution in [2.45, 2.75) is 26.7 Å². The van der Waals surface area contributed by atoms with Crippen molar-refractivity contribution in [1.29, 1.82) is 0 Å². The first-order valence-electron chi connectivity index (χ1n) is 4.23. The maximum absolute atomic E-state index is 10.7. The van der Waals surface area contributed by atoms with Gasteiger partial charge in [0, 0.05) is 19.5 Å². The largest absolute Gasteiger partial charge is 0.289 e. The highest BCUT2D eigenvalue weighted by atomic mass is 16.2. The third-order valence-corrected chi connectivity index (χ3v) is 1.87. The Bertz CT molecular complexity index is 145. The molecule has 0 atom stereocenters. The van der Waals surface area contributed by atoms with Crippen LogP contribution >= 0.6 is 0 Å². The van der Waals surface area contributed by atoms with E-state index in [1.54, 1.807) is 0 Å². The Morgan fingerprint density at radius 2 is 2.36 bits per heavy atom. The molecular formula is C8H16N2O. The van der Waals surface area contributed by atoms with E-state index in [4.69, 9.17) is 0 Å². The van der Waals surface area contributed by atoms with Gasteiger partial charge in [-0.1, -0.05) is 13.8 Å². The molecule has 0 aromatic carbocycles. The summed E-state index contributed by atoms with van der Waals surface area (Å²) in [5, 5.41) is 2.00.